The molecule has 0 atom stereocenters. The van der Waals surface area contributed by atoms with E-state index in [1.807, 2.05) is 30.3 Å². The van der Waals surface area contributed by atoms with Gasteiger partial charge in [0.25, 0.3) is 11.8 Å². The summed E-state index contributed by atoms with van der Waals surface area (Å²) in [5, 5.41) is 9.30. The van der Waals surface area contributed by atoms with Crippen LogP contribution in [-0.4, -0.2) is 44.8 Å². The number of amides is 2. The van der Waals surface area contributed by atoms with E-state index < -0.39 is 0 Å². The predicted octanol–water partition coefficient (Wildman–Crippen LogP) is 7.89. The van der Waals surface area contributed by atoms with Crippen molar-refractivity contribution < 1.29 is 18.4 Å². The molecule has 284 valence electrons. The first kappa shape index (κ1) is 42.2. The Bertz CT molecular complexity index is 2130. The number of pyridine rings is 4. The Balaban J connectivity index is 0.000000205. The number of anilines is 1. The highest BCUT2D eigenvalue weighted by Crippen LogP contribution is 2.18. The second-order valence-electron chi connectivity index (χ2n) is 11.6. The van der Waals surface area contributed by atoms with E-state index in [1.165, 1.54) is 36.4 Å². The molecule has 4 aromatic heterocycles. The highest BCUT2D eigenvalue weighted by Gasteiger charge is 2.14. The highest BCUT2D eigenvalue weighted by molar-refractivity contribution is 6.34. The first-order valence-corrected chi connectivity index (χ1v) is 18.0. The molecular weight excluding hydrogens is 769 g/mol. The number of nitrogens with two attached hydrogens (primary N) is 1. The molecular formula is C40H37Cl3F2N8O2. The number of hydrogen-bond donors (Lipinski definition) is 4. The predicted molar refractivity (Wildman–Crippen MR) is 212 cm³/mol. The van der Waals surface area contributed by atoms with Crippen molar-refractivity contribution in [2.45, 2.75) is 25.9 Å². The number of hydrogen-bond acceptors (Lipinski definition) is 8. The third-order valence-corrected chi connectivity index (χ3v) is 8.14. The zero-order chi connectivity index (χ0) is 39.4. The van der Waals surface area contributed by atoms with Crippen molar-refractivity contribution in [3.8, 4) is 0 Å². The van der Waals surface area contributed by atoms with Gasteiger partial charge in [0, 0.05) is 44.4 Å². The van der Waals surface area contributed by atoms with Gasteiger partial charge in [0.1, 0.15) is 32.9 Å². The summed E-state index contributed by atoms with van der Waals surface area (Å²) in [7, 11) is 0. The van der Waals surface area contributed by atoms with Crippen LogP contribution < -0.4 is 21.7 Å². The molecule has 5 N–H and O–H groups in total. The lowest BCUT2D eigenvalue weighted by molar-refractivity contribution is 0.0943. The second kappa shape index (κ2) is 22.6. The van der Waals surface area contributed by atoms with Crippen LogP contribution in [0.1, 0.15) is 43.0 Å². The summed E-state index contributed by atoms with van der Waals surface area (Å²) in [4.78, 5) is 40.4. The summed E-state index contributed by atoms with van der Waals surface area (Å²) in [5.41, 5.74) is 9.59. The quantitative estimate of drug-likeness (QED) is 0.0914. The average molecular weight is 806 g/mol. The second-order valence-corrected chi connectivity index (χ2v) is 12.7. The Morgan fingerprint density at radius 3 is 1.64 bits per heavy atom. The van der Waals surface area contributed by atoms with Gasteiger partial charge in [0.15, 0.2) is 0 Å². The molecule has 2 amide bonds. The van der Waals surface area contributed by atoms with Crippen molar-refractivity contribution in [1.82, 2.24) is 30.6 Å². The average Bonchev–Trinajstić information content (AvgIpc) is 3.18. The van der Waals surface area contributed by atoms with Gasteiger partial charge in [-0.3, -0.25) is 19.6 Å². The summed E-state index contributed by atoms with van der Waals surface area (Å²) in [6.45, 7) is 1.80. The van der Waals surface area contributed by atoms with Gasteiger partial charge in [-0.05, 0) is 102 Å². The van der Waals surface area contributed by atoms with Crippen molar-refractivity contribution in [2.24, 2.45) is 5.73 Å². The normalized spacial score (nSPS) is 10.2. The molecule has 0 fully saturated rings. The Hall–Kier alpha value is -5.53. The molecule has 55 heavy (non-hydrogen) atoms. The Labute approximate surface area is 332 Å². The summed E-state index contributed by atoms with van der Waals surface area (Å²) in [6, 6.07) is 26.5. The maximum absolute atomic E-state index is 13.3. The Morgan fingerprint density at radius 1 is 0.618 bits per heavy atom. The molecule has 0 radical (unpaired) electrons. The van der Waals surface area contributed by atoms with E-state index >= 15 is 0 Å². The third-order valence-electron chi connectivity index (χ3n) is 7.43. The SMILES string of the molecule is NCCc1cccc(F)c1.O=C(NCc1cccnc1)c1ccc(Cl)nc1Cl.O=C(NCc1cccnc1)c1ccc(Cl)nc1NCCc1cccc(F)c1. The van der Waals surface area contributed by atoms with Gasteiger partial charge < -0.3 is 21.7 Å². The summed E-state index contributed by atoms with van der Waals surface area (Å²) in [6.07, 6.45) is 8.06. The van der Waals surface area contributed by atoms with Gasteiger partial charge in [-0.1, -0.05) is 71.2 Å². The van der Waals surface area contributed by atoms with E-state index in [0.717, 1.165) is 28.7 Å². The van der Waals surface area contributed by atoms with Gasteiger partial charge in [-0.2, -0.15) is 0 Å². The van der Waals surface area contributed by atoms with Crippen LogP contribution in [0.4, 0.5) is 14.6 Å². The van der Waals surface area contributed by atoms with Crippen LogP contribution in [0.5, 0.6) is 0 Å². The Morgan fingerprint density at radius 2 is 1.13 bits per heavy atom. The number of nitrogens with zero attached hydrogens (tertiary/aromatic N) is 4. The fourth-order valence-corrected chi connectivity index (χ4v) is 5.35. The van der Waals surface area contributed by atoms with E-state index in [0.29, 0.717) is 49.5 Å². The molecule has 6 aromatic rings. The number of carbonyl (C=O) groups excluding carboxylic acids is 2. The Kier molecular flexibility index (Phi) is 17.4. The van der Waals surface area contributed by atoms with Gasteiger partial charge in [0.05, 0.1) is 11.1 Å². The standard InChI is InChI=1S/C20H18ClFN4O.C12H9Cl2N3O.C8H10FN/c21-18-7-6-17(20(27)25-13-15-4-2-9-23-12-15)19(26-18)24-10-8-14-3-1-5-16(22)11-14;13-10-4-3-9(11(14)17-10)12(18)16-7-8-2-1-5-15-6-8;9-8-3-1-2-7(6-8)4-5-10/h1-7,9,11-12H,8,10,13H2,(H,24,26)(H,25,27);1-6H,7H2,(H,16,18);1-3,6H,4-5,10H2. The minimum atomic E-state index is -0.298. The first-order valence-electron chi connectivity index (χ1n) is 16.9. The van der Waals surface area contributed by atoms with Crippen LogP contribution in [0, 0.1) is 11.6 Å². The molecule has 0 aliphatic carbocycles. The number of benzene rings is 2. The molecule has 0 saturated heterocycles. The lowest BCUT2D eigenvalue weighted by atomic mass is 10.1. The molecule has 4 heterocycles. The fourth-order valence-electron chi connectivity index (χ4n) is 4.77. The number of nitrogens with one attached hydrogen (secondary N) is 3. The number of aromatic nitrogens is 4. The van der Waals surface area contributed by atoms with Crippen molar-refractivity contribution >= 4 is 52.4 Å². The van der Waals surface area contributed by atoms with E-state index in [1.54, 1.807) is 55.1 Å². The van der Waals surface area contributed by atoms with Gasteiger partial charge in [-0.25, -0.2) is 18.7 Å². The van der Waals surface area contributed by atoms with E-state index in [2.05, 4.69) is 35.9 Å². The van der Waals surface area contributed by atoms with Crippen LogP contribution in [0.25, 0.3) is 0 Å². The van der Waals surface area contributed by atoms with Crippen LogP contribution in [0.15, 0.2) is 122 Å². The maximum atomic E-state index is 13.3. The van der Waals surface area contributed by atoms with Crippen LogP contribution in [-0.2, 0) is 25.9 Å². The molecule has 0 saturated carbocycles. The van der Waals surface area contributed by atoms with Crippen LogP contribution in [0.3, 0.4) is 0 Å². The zero-order valence-electron chi connectivity index (χ0n) is 29.4. The molecule has 10 nitrogen and oxygen atoms in total. The molecule has 2 aromatic carbocycles. The number of halogens is 5. The van der Waals surface area contributed by atoms with Crippen LogP contribution in [0.2, 0.25) is 15.5 Å². The molecule has 0 unspecified atom stereocenters. The lowest BCUT2D eigenvalue weighted by Crippen LogP contribution is -2.24. The van der Waals surface area contributed by atoms with Crippen molar-refractivity contribution in [1.29, 1.82) is 0 Å². The fraction of sp³-hybridized carbons (Fsp3) is 0.150. The van der Waals surface area contributed by atoms with E-state index in [9.17, 15) is 18.4 Å². The highest BCUT2D eigenvalue weighted by atomic mass is 35.5. The smallest absolute Gasteiger partial charge is 0.255 e. The first-order chi connectivity index (χ1) is 26.6. The summed E-state index contributed by atoms with van der Waals surface area (Å²) < 4.78 is 25.7. The van der Waals surface area contributed by atoms with Crippen molar-refractivity contribution in [3.63, 3.8) is 0 Å². The molecule has 6 rings (SSSR count). The molecule has 0 bridgehead atoms. The largest absolute Gasteiger partial charge is 0.369 e. The monoisotopic (exact) mass is 804 g/mol. The van der Waals surface area contributed by atoms with Crippen LogP contribution >= 0.6 is 34.8 Å². The maximum Gasteiger partial charge on any atom is 0.255 e. The molecule has 0 aliphatic rings. The van der Waals surface area contributed by atoms with Crippen molar-refractivity contribution in [2.75, 3.05) is 18.4 Å². The summed E-state index contributed by atoms with van der Waals surface area (Å²) >= 11 is 17.5. The molecule has 15 heteroatoms. The minimum Gasteiger partial charge on any atom is -0.369 e. The van der Waals surface area contributed by atoms with E-state index in [4.69, 9.17) is 40.5 Å². The number of carbonyl (C=O) groups is 2. The lowest BCUT2D eigenvalue weighted by Gasteiger charge is -2.12. The van der Waals surface area contributed by atoms with Gasteiger partial charge in [0.2, 0.25) is 0 Å². The minimum absolute atomic E-state index is 0.0891. The third kappa shape index (κ3) is 15.0. The molecule has 0 aliphatic heterocycles. The zero-order valence-corrected chi connectivity index (χ0v) is 31.6. The van der Waals surface area contributed by atoms with Crippen molar-refractivity contribution in [3.05, 3.63) is 182 Å². The summed E-state index contributed by atoms with van der Waals surface area (Å²) in [5.74, 6) is -0.637. The van der Waals surface area contributed by atoms with E-state index in [-0.39, 0.29) is 38.9 Å². The molecule has 0 spiro atoms. The topological polar surface area (TPSA) is 148 Å². The van der Waals surface area contributed by atoms with Gasteiger partial charge in [-0.15, -0.1) is 0 Å². The van der Waals surface area contributed by atoms with Gasteiger partial charge >= 0.3 is 0 Å². The number of rotatable bonds is 12.